The summed E-state index contributed by atoms with van der Waals surface area (Å²) in [6.45, 7) is -0.0862. The average Bonchev–Trinajstić information content (AvgIpc) is 3.17. The maximum Gasteiger partial charge on any atom is 0.335 e. The molecule has 1 aliphatic rings. The van der Waals surface area contributed by atoms with Gasteiger partial charge in [0.05, 0.1) is 29.9 Å². The summed E-state index contributed by atoms with van der Waals surface area (Å²) in [7, 11) is -4.01. The van der Waals surface area contributed by atoms with E-state index in [4.69, 9.17) is 9.47 Å². The Kier molecular flexibility index (Phi) is 10.2. The van der Waals surface area contributed by atoms with E-state index in [0.29, 0.717) is 27.9 Å². The monoisotopic (exact) mass is 718 g/mol. The fraction of sp³-hybridized carbons (Fsp3) is 0.150. The largest absolute Gasteiger partial charge is 0.478 e. The lowest BCUT2D eigenvalue weighted by Crippen LogP contribution is -2.38. The molecule has 258 valence electrons. The molecule has 0 aliphatic carbocycles. The van der Waals surface area contributed by atoms with Crippen molar-refractivity contribution in [3.05, 3.63) is 167 Å². The molecule has 6 aromatic rings. The zero-order valence-electron chi connectivity index (χ0n) is 27.2. The summed E-state index contributed by atoms with van der Waals surface area (Å²) in [5.74, 6) is -0.717. The van der Waals surface area contributed by atoms with Crippen LogP contribution < -0.4 is 4.72 Å². The third kappa shape index (κ3) is 7.68. The first-order valence-electron chi connectivity index (χ1n) is 16.3. The maximum absolute atomic E-state index is 13.7. The van der Waals surface area contributed by atoms with Crippen molar-refractivity contribution in [1.29, 1.82) is 0 Å². The second-order valence-electron chi connectivity index (χ2n) is 12.1. The second-order valence-corrected chi connectivity index (χ2v) is 14.8. The summed E-state index contributed by atoms with van der Waals surface area (Å²) in [6, 6.07) is 40.0. The molecule has 0 bridgehead atoms. The number of pyridine rings is 1. The van der Waals surface area contributed by atoms with Crippen LogP contribution in [0.2, 0.25) is 0 Å². The smallest absolute Gasteiger partial charge is 0.335 e. The molecule has 1 aromatic heterocycles. The van der Waals surface area contributed by atoms with E-state index in [2.05, 4.69) is 9.71 Å². The van der Waals surface area contributed by atoms with Gasteiger partial charge in [0.15, 0.2) is 6.29 Å². The van der Waals surface area contributed by atoms with E-state index in [1.54, 1.807) is 72.6 Å². The summed E-state index contributed by atoms with van der Waals surface area (Å²) in [4.78, 5) is 16.7. The van der Waals surface area contributed by atoms with E-state index < -0.39 is 28.4 Å². The van der Waals surface area contributed by atoms with Crippen LogP contribution in [0.5, 0.6) is 0 Å². The van der Waals surface area contributed by atoms with Gasteiger partial charge in [0, 0.05) is 39.4 Å². The second kappa shape index (κ2) is 15.1. The standard InChI is InChI=1S/C40H34N2O7S2/c43-24-26-14-16-29(17-15-26)38-36(27-7-2-1-3-8-27)34(25-50-33-20-18-30(19-21-33)39(44)45)48-40(49-38)31-10-4-12-32(23-31)42-51(46,47)35-13-5-9-28-11-6-22-41-37(28)35/h1-23,34,36,38,40,42-43H,24-25H2,(H,44,45)/t34-,36-,38+,40?/m1/s1. The number of ether oxygens (including phenoxy) is 2. The minimum atomic E-state index is -4.01. The number of anilines is 1. The van der Waals surface area contributed by atoms with Gasteiger partial charge in [0.25, 0.3) is 10.0 Å². The number of aliphatic hydroxyl groups is 1. The molecule has 11 heteroatoms. The number of aliphatic hydroxyl groups excluding tert-OH is 1. The molecular formula is C40H34N2O7S2. The fourth-order valence-electron chi connectivity index (χ4n) is 6.28. The van der Waals surface area contributed by atoms with Gasteiger partial charge in [0.1, 0.15) is 4.90 Å². The SMILES string of the molecule is O=C(O)c1ccc(SC[C@H]2OC(c3cccc(NS(=O)(=O)c4cccc5cccnc45)c3)O[C@@H](c3ccc(CO)cc3)[C@@H]2c2ccccc2)cc1. The van der Waals surface area contributed by atoms with Crippen LogP contribution in [0.1, 0.15) is 50.9 Å². The molecule has 5 aromatic carbocycles. The van der Waals surface area contributed by atoms with Crippen LogP contribution in [0.4, 0.5) is 5.69 Å². The van der Waals surface area contributed by atoms with E-state index in [0.717, 1.165) is 21.6 Å². The van der Waals surface area contributed by atoms with Crippen molar-refractivity contribution in [2.75, 3.05) is 10.5 Å². The maximum atomic E-state index is 13.7. The molecular weight excluding hydrogens is 685 g/mol. The topological polar surface area (TPSA) is 135 Å². The first kappa shape index (κ1) is 34.4. The average molecular weight is 719 g/mol. The molecule has 1 unspecified atom stereocenters. The van der Waals surface area contributed by atoms with Crippen LogP contribution >= 0.6 is 11.8 Å². The number of sulfonamides is 1. The number of aromatic nitrogens is 1. The molecule has 0 amide bonds. The molecule has 0 spiro atoms. The Bertz CT molecular complexity index is 2240. The van der Waals surface area contributed by atoms with Crippen LogP contribution in [-0.4, -0.2) is 41.4 Å². The molecule has 0 saturated carbocycles. The summed E-state index contributed by atoms with van der Waals surface area (Å²) >= 11 is 1.55. The predicted octanol–water partition coefficient (Wildman–Crippen LogP) is 7.96. The van der Waals surface area contributed by atoms with Crippen LogP contribution in [0.3, 0.4) is 0 Å². The highest BCUT2D eigenvalue weighted by molar-refractivity contribution is 7.99. The summed E-state index contributed by atoms with van der Waals surface area (Å²) in [5, 5.41) is 19.8. The van der Waals surface area contributed by atoms with Crippen molar-refractivity contribution in [3.8, 4) is 0 Å². The third-order valence-electron chi connectivity index (χ3n) is 8.78. The minimum Gasteiger partial charge on any atom is -0.478 e. The van der Waals surface area contributed by atoms with Crippen LogP contribution in [-0.2, 0) is 26.1 Å². The van der Waals surface area contributed by atoms with E-state index >= 15 is 0 Å². The Labute approximate surface area is 300 Å². The molecule has 1 saturated heterocycles. The molecule has 4 atom stereocenters. The Morgan fingerprint density at radius 1 is 0.784 bits per heavy atom. The lowest BCUT2D eigenvalue weighted by molar-refractivity contribution is -0.255. The molecule has 0 radical (unpaired) electrons. The number of hydrogen-bond donors (Lipinski definition) is 3. The first-order chi connectivity index (χ1) is 24.8. The number of nitrogens with one attached hydrogen (secondary N) is 1. The van der Waals surface area contributed by atoms with Crippen LogP contribution in [0, 0.1) is 0 Å². The number of fused-ring (bicyclic) bond motifs is 1. The van der Waals surface area contributed by atoms with E-state index in [9.17, 15) is 23.4 Å². The third-order valence-corrected chi connectivity index (χ3v) is 11.3. The fourth-order valence-corrected chi connectivity index (χ4v) is 8.48. The van der Waals surface area contributed by atoms with Gasteiger partial charge in [0.2, 0.25) is 0 Å². The zero-order chi connectivity index (χ0) is 35.4. The number of rotatable bonds is 11. The van der Waals surface area contributed by atoms with Crippen molar-refractivity contribution in [2.24, 2.45) is 0 Å². The predicted molar refractivity (Wildman–Crippen MR) is 196 cm³/mol. The summed E-state index contributed by atoms with van der Waals surface area (Å²) < 4.78 is 43.6. The normalized spacial score (nSPS) is 19.1. The molecule has 1 fully saturated rings. The number of carbonyl (C=O) groups is 1. The van der Waals surface area contributed by atoms with Crippen molar-refractivity contribution in [2.45, 2.75) is 40.8 Å². The zero-order valence-corrected chi connectivity index (χ0v) is 28.8. The number of hydrogen-bond acceptors (Lipinski definition) is 8. The number of benzene rings is 5. The number of carboxylic acids is 1. The van der Waals surface area contributed by atoms with Crippen molar-refractivity contribution in [1.82, 2.24) is 4.98 Å². The molecule has 7 rings (SSSR count). The lowest BCUT2D eigenvalue weighted by Gasteiger charge is -2.43. The molecule has 1 aliphatic heterocycles. The molecule has 2 heterocycles. The summed E-state index contributed by atoms with van der Waals surface area (Å²) in [6.07, 6.45) is -0.159. The Balaban J connectivity index is 1.23. The Morgan fingerprint density at radius 3 is 2.25 bits per heavy atom. The molecule has 51 heavy (non-hydrogen) atoms. The number of thioether (sulfide) groups is 1. The number of para-hydroxylation sites is 1. The van der Waals surface area contributed by atoms with Gasteiger partial charge in [-0.05, 0) is 65.2 Å². The van der Waals surface area contributed by atoms with Crippen LogP contribution in [0.25, 0.3) is 10.9 Å². The number of aromatic carboxylic acids is 1. The highest BCUT2D eigenvalue weighted by atomic mass is 32.2. The minimum absolute atomic E-state index is 0.0711. The summed E-state index contributed by atoms with van der Waals surface area (Å²) in [5.41, 5.74) is 4.24. The van der Waals surface area contributed by atoms with E-state index in [1.165, 1.54) is 6.07 Å². The highest BCUT2D eigenvalue weighted by Gasteiger charge is 2.42. The van der Waals surface area contributed by atoms with Gasteiger partial charge in [-0.3, -0.25) is 9.71 Å². The van der Waals surface area contributed by atoms with Gasteiger partial charge in [-0.2, -0.15) is 0 Å². The highest BCUT2D eigenvalue weighted by Crippen LogP contribution is 2.48. The molecule has 9 nitrogen and oxygen atoms in total. The molecule has 3 N–H and O–H groups in total. The van der Waals surface area contributed by atoms with Gasteiger partial charge >= 0.3 is 5.97 Å². The van der Waals surface area contributed by atoms with E-state index in [-0.39, 0.29) is 29.1 Å². The lowest BCUT2D eigenvalue weighted by atomic mass is 9.84. The van der Waals surface area contributed by atoms with Crippen molar-refractivity contribution >= 4 is 44.3 Å². The Hall–Kier alpha value is -5.04. The Morgan fingerprint density at radius 2 is 1.51 bits per heavy atom. The van der Waals surface area contributed by atoms with Crippen molar-refractivity contribution < 1.29 is 32.9 Å². The van der Waals surface area contributed by atoms with Gasteiger partial charge in [-0.15, -0.1) is 11.8 Å². The first-order valence-corrected chi connectivity index (χ1v) is 18.7. The van der Waals surface area contributed by atoms with Gasteiger partial charge in [-0.25, -0.2) is 13.2 Å². The quantitative estimate of drug-likeness (QED) is 0.114. The number of nitrogens with zero attached hydrogens (tertiary/aromatic N) is 1. The van der Waals surface area contributed by atoms with E-state index in [1.807, 2.05) is 72.8 Å². The van der Waals surface area contributed by atoms with Gasteiger partial charge < -0.3 is 19.7 Å². The van der Waals surface area contributed by atoms with Crippen LogP contribution in [0.15, 0.2) is 149 Å². The number of carboxylic acid groups (broad SMARTS) is 1. The van der Waals surface area contributed by atoms with Crippen molar-refractivity contribution in [3.63, 3.8) is 0 Å². The van der Waals surface area contributed by atoms with Gasteiger partial charge in [-0.1, -0.05) is 84.9 Å².